The topological polar surface area (TPSA) is 87.0 Å². The van der Waals surface area contributed by atoms with E-state index in [0.29, 0.717) is 34.5 Å². The quantitative estimate of drug-likeness (QED) is 0.678. The van der Waals surface area contributed by atoms with Crippen molar-refractivity contribution in [1.29, 1.82) is 0 Å². The van der Waals surface area contributed by atoms with Gasteiger partial charge in [-0.1, -0.05) is 18.2 Å². The SMILES string of the molecule is CC1=C(C(=O)Nc2ccc3[nH]c(=O)[nH]c3c2)Cc2ccccc2O1. The third-order valence-corrected chi connectivity index (χ3v) is 4.08. The Bertz CT molecular complexity index is 1040. The summed E-state index contributed by atoms with van der Waals surface area (Å²) in [5.41, 5.74) is 3.26. The van der Waals surface area contributed by atoms with Crippen molar-refractivity contribution in [3.05, 3.63) is 69.8 Å². The Hall–Kier alpha value is -3.28. The van der Waals surface area contributed by atoms with Gasteiger partial charge in [-0.2, -0.15) is 0 Å². The zero-order valence-electron chi connectivity index (χ0n) is 13.0. The number of benzene rings is 2. The average molecular weight is 321 g/mol. The molecule has 1 amide bonds. The van der Waals surface area contributed by atoms with Crippen molar-refractivity contribution in [2.45, 2.75) is 13.3 Å². The highest BCUT2D eigenvalue weighted by atomic mass is 16.5. The van der Waals surface area contributed by atoms with Gasteiger partial charge < -0.3 is 20.0 Å². The Morgan fingerprint density at radius 3 is 2.79 bits per heavy atom. The van der Waals surface area contributed by atoms with E-state index in [-0.39, 0.29) is 11.6 Å². The first kappa shape index (κ1) is 14.3. The monoisotopic (exact) mass is 321 g/mol. The number of hydrogen-bond donors (Lipinski definition) is 3. The number of nitrogens with one attached hydrogen (secondary N) is 3. The normalized spacial score (nSPS) is 13.5. The van der Waals surface area contributed by atoms with Crippen LogP contribution in [0.1, 0.15) is 12.5 Å². The number of carbonyl (C=O) groups excluding carboxylic acids is 1. The van der Waals surface area contributed by atoms with Gasteiger partial charge in [-0.3, -0.25) is 4.79 Å². The van der Waals surface area contributed by atoms with Crippen molar-refractivity contribution < 1.29 is 9.53 Å². The van der Waals surface area contributed by atoms with Gasteiger partial charge >= 0.3 is 5.69 Å². The van der Waals surface area contributed by atoms with Gasteiger partial charge in [0.15, 0.2) is 0 Å². The third-order valence-electron chi connectivity index (χ3n) is 4.08. The van der Waals surface area contributed by atoms with Gasteiger partial charge in [0.05, 0.1) is 16.6 Å². The molecule has 2 aromatic carbocycles. The van der Waals surface area contributed by atoms with Crippen LogP contribution < -0.4 is 15.7 Å². The van der Waals surface area contributed by atoms with Crippen LogP contribution in [0.5, 0.6) is 5.75 Å². The summed E-state index contributed by atoms with van der Waals surface area (Å²) in [6.45, 7) is 1.79. The Morgan fingerprint density at radius 1 is 1.12 bits per heavy atom. The smallest absolute Gasteiger partial charge is 0.323 e. The number of fused-ring (bicyclic) bond motifs is 2. The number of para-hydroxylation sites is 1. The zero-order chi connectivity index (χ0) is 16.7. The van der Waals surface area contributed by atoms with E-state index in [1.807, 2.05) is 24.3 Å². The molecular weight excluding hydrogens is 306 g/mol. The highest BCUT2D eigenvalue weighted by Crippen LogP contribution is 2.30. The number of rotatable bonds is 2. The predicted octanol–water partition coefficient (Wildman–Crippen LogP) is 2.70. The molecule has 24 heavy (non-hydrogen) atoms. The van der Waals surface area contributed by atoms with E-state index in [0.717, 1.165) is 11.3 Å². The molecule has 1 aliphatic heterocycles. The molecule has 0 aliphatic carbocycles. The molecule has 4 rings (SSSR count). The van der Waals surface area contributed by atoms with Gasteiger partial charge in [-0.15, -0.1) is 0 Å². The summed E-state index contributed by atoms with van der Waals surface area (Å²) in [7, 11) is 0. The summed E-state index contributed by atoms with van der Waals surface area (Å²) in [4.78, 5) is 29.2. The number of carbonyl (C=O) groups is 1. The second-order valence-electron chi connectivity index (χ2n) is 5.71. The molecule has 3 N–H and O–H groups in total. The van der Waals surface area contributed by atoms with Crippen molar-refractivity contribution >= 4 is 22.6 Å². The molecule has 0 spiro atoms. The molecule has 120 valence electrons. The number of allylic oxidation sites excluding steroid dienone is 1. The molecule has 0 unspecified atom stereocenters. The van der Waals surface area contributed by atoms with Crippen molar-refractivity contribution in [1.82, 2.24) is 9.97 Å². The summed E-state index contributed by atoms with van der Waals surface area (Å²) < 4.78 is 5.74. The first-order valence-corrected chi connectivity index (χ1v) is 7.59. The Morgan fingerprint density at radius 2 is 1.92 bits per heavy atom. The Balaban J connectivity index is 1.60. The second-order valence-corrected chi connectivity index (χ2v) is 5.71. The van der Waals surface area contributed by atoms with Crippen LogP contribution in [0, 0.1) is 0 Å². The maximum absolute atomic E-state index is 12.6. The minimum Gasteiger partial charge on any atom is -0.461 e. The molecule has 1 aromatic heterocycles. The summed E-state index contributed by atoms with van der Waals surface area (Å²) in [6.07, 6.45) is 0.525. The van der Waals surface area contributed by atoms with Gasteiger partial charge in [0.2, 0.25) is 0 Å². The third kappa shape index (κ3) is 2.48. The Labute approximate surface area is 137 Å². The van der Waals surface area contributed by atoms with E-state index in [1.54, 1.807) is 25.1 Å². The highest BCUT2D eigenvalue weighted by molar-refractivity contribution is 6.05. The van der Waals surface area contributed by atoms with Gasteiger partial charge in [0.25, 0.3) is 5.91 Å². The van der Waals surface area contributed by atoms with Crippen molar-refractivity contribution in [2.75, 3.05) is 5.32 Å². The number of aromatic nitrogens is 2. The van der Waals surface area contributed by atoms with Gasteiger partial charge in [-0.25, -0.2) is 4.79 Å². The molecule has 3 aromatic rings. The number of hydrogen-bond acceptors (Lipinski definition) is 3. The van der Waals surface area contributed by atoms with E-state index in [4.69, 9.17) is 4.74 Å². The number of ether oxygens (including phenoxy) is 1. The van der Waals surface area contributed by atoms with Crippen LogP contribution in [-0.2, 0) is 11.2 Å². The number of aromatic amines is 2. The maximum atomic E-state index is 12.6. The van der Waals surface area contributed by atoms with Crippen LogP contribution >= 0.6 is 0 Å². The van der Waals surface area contributed by atoms with Crippen LogP contribution in [0.15, 0.2) is 58.6 Å². The van der Waals surface area contributed by atoms with E-state index >= 15 is 0 Å². The first-order valence-electron chi connectivity index (χ1n) is 7.59. The average Bonchev–Trinajstić information content (AvgIpc) is 2.93. The van der Waals surface area contributed by atoms with Crippen molar-refractivity contribution in [3.8, 4) is 5.75 Å². The molecule has 6 nitrogen and oxygen atoms in total. The fourth-order valence-corrected chi connectivity index (χ4v) is 2.85. The fraction of sp³-hybridized carbons (Fsp3) is 0.111. The summed E-state index contributed by atoms with van der Waals surface area (Å²) >= 11 is 0. The number of H-pyrrole nitrogens is 2. The van der Waals surface area contributed by atoms with Gasteiger partial charge in [0, 0.05) is 12.1 Å². The van der Waals surface area contributed by atoms with Crippen molar-refractivity contribution in [3.63, 3.8) is 0 Å². The van der Waals surface area contributed by atoms with Crippen LogP contribution in [0.3, 0.4) is 0 Å². The molecule has 1 aliphatic rings. The molecule has 0 bridgehead atoms. The largest absolute Gasteiger partial charge is 0.461 e. The number of anilines is 1. The second kappa shape index (κ2) is 5.42. The molecule has 0 fully saturated rings. The molecule has 0 radical (unpaired) electrons. The fourth-order valence-electron chi connectivity index (χ4n) is 2.85. The highest BCUT2D eigenvalue weighted by Gasteiger charge is 2.22. The van der Waals surface area contributed by atoms with Crippen molar-refractivity contribution in [2.24, 2.45) is 0 Å². The lowest BCUT2D eigenvalue weighted by Gasteiger charge is -2.21. The van der Waals surface area contributed by atoms with Crippen LogP contribution in [0.4, 0.5) is 5.69 Å². The predicted molar refractivity (Wildman–Crippen MR) is 91.0 cm³/mol. The molecule has 6 heteroatoms. The maximum Gasteiger partial charge on any atom is 0.323 e. The summed E-state index contributed by atoms with van der Waals surface area (Å²) in [5.74, 6) is 1.18. The van der Waals surface area contributed by atoms with E-state index < -0.39 is 0 Å². The lowest BCUT2D eigenvalue weighted by molar-refractivity contribution is -0.113. The van der Waals surface area contributed by atoms with Crippen LogP contribution in [0.25, 0.3) is 11.0 Å². The molecular formula is C18H15N3O3. The van der Waals surface area contributed by atoms with E-state index in [9.17, 15) is 9.59 Å². The first-order chi connectivity index (χ1) is 11.6. The molecule has 2 heterocycles. The zero-order valence-corrected chi connectivity index (χ0v) is 13.0. The summed E-state index contributed by atoms with van der Waals surface area (Å²) in [5, 5.41) is 2.86. The van der Waals surface area contributed by atoms with Crippen LogP contribution in [-0.4, -0.2) is 15.9 Å². The van der Waals surface area contributed by atoms with Gasteiger partial charge in [-0.05, 0) is 36.8 Å². The minimum atomic E-state index is -0.274. The lowest BCUT2D eigenvalue weighted by Crippen LogP contribution is -2.21. The molecule has 0 saturated carbocycles. The number of imidazole rings is 1. The number of amides is 1. The summed E-state index contributed by atoms with van der Waals surface area (Å²) in [6, 6.07) is 12.9. The molecule has 0 saturated heterocycles. The van der Waals surface area contributed by atoms with Gasteiger partial charge in [0.1, 0.15) is 11.5 Å². The Kier molecular flexibility index (Phi) is 3.23. The lowest BCUT2D eigenvalue weighted by atomic mass is 10.00. The van der Waals surface area contributed by atoms with Crippen LogP contribution in [0.2, 0.25) is 0 Å². The van der Waals surface area contributed by atoms with E-state index in [1.165, 1.54) is 0 Å². The minimum absolute atomic E-state index is 0.209. The van der Waals surface area contributed by atoms with E-state index in [2.05, 4.69) is 15.3 Å². The molecule has 0 atom stereocenters. The standard InChI is InChI=1S/C18H15N3O3/c1-10-13(8-11-4-2-3-5-16(11)24-10)17(22)19-12-6-7-14-15(9-12)21-18(23)20-14/h2-7,9H,8H2,1H3,(H,19,22)(H2,20,21,23).